The molecule has 0 unspecified atom stereocenters. The highest BCUT2D eigenvalue weighted by atomic mass is 35.5. The Balaban J connectivity index is 1.77. The van der Waals surface area contributed by atoms with Crippen LogP contribution in [0, 0.1) is 6.92 Å². The number of aromatic nitrogens is 2. The average molecular weight is 400 g/mol. The van der Waals surface area contributed by atoms with E-state index in [0.29, 0.717) is 27.3 Å². The van der Waals surface area contributed by atoms with E-state index >= 15 is 0 Å². The van der Waals surface area contributed by atoms with Crippen LogP contribution in [0.5, 0.6) is 0 Å². The fourth-order valence-corrected chi connectivity index (χ4v) is 3.68. The van der Waals surface area contributed by atoms with Crippen molar-refractivity contribution in [1.82, 2.24) is 9.55 Å². The molecule has 3 rings (SSSR count). The number of nitrogens with zero attached hydrogens (tertiary/aromatic N) is 2. The third-order valence-corrected chi connectivity index (χ3v) is 5.00. The highest BCUT2D eigenvalue weighted by Crippen LogP contribution is 2.20. The van der Waals surface area contributed by atoms with Crippen LogP contribution in [-0.4, -0.2) is 15.5 Å². The van der Waals surface area contributed by atoms with Gasteiger partial charge in [-0.05, 0) is 30.7 Å². The number of nitrogens with one attached hydrogen (secondary N) is 1. The van der Waals surface area contributed by atoms with E-state index in [4.69, 9.17) is 11.6 Å². The van der Waals surface area contributed by atoms with Gasteiger partial charge in [-0.3, -0.25) is 14.2 Å². The summed E-state index contributed by atoms with van der Waals surface area (Å²) >= 11 is 7.37. The highest BCUT2D eigenvalue weighted by molar-refractivity contribution is 7.98. The summed E-state index contributed by atoms with van der Waals surface area (Å²) in [5, 5.41) is 3.80. The zero-order valence-corrected chi connectivity index (χ0v) is 16.3. The molecule has 0 saturated heterocycles. The Labute approximate surface area is 166 Å². The van der Waals surface area contributed by atoms with Crippen LogP contribution in [0.2, 0.25) is 5.02 Å². The number of thioether (sulfide) groups is 1. The molecule has 1 N–H and O–H groups in total. The molecule has 0 aliphatic heterocycles. The van der Waals surface area contributed by atoms with Crippen molar-refractivity contribution in [2.45, 2.75) is 24.4 Å². The first kappa shape index (κ1) is 19.2. The van der Waals surface area contributed by atoms with E-state index in [0.717, 1.165) is 5.56 Å². The van der Waals surface area contributed by atoms with Crippen LogP contribution >= 0.6 is 23.4 Å². The predicted octanol–water partition coefficient (Wildman–Crippen LogP) is 4.14. The standard InChI is InChI=1S/C20H18ClN3O2S/c1-14-10-19(26)24(12-18(25)23-17-9-5-8-16(21)11-17)20(22-14)27-13-15-6-3-2-4-7-15/h2-11H,12-13H2,1H3,(H,23,25). The lowest BCUT2D eigenvalue weighted by Gasteiger charge is -2.12. The van der Waals surface area contributed by atoms with Crippen molar-refractivity contribution in [3.63, 3.8) is 0 Å². The molecule has 1 amide bonds. The van der Waals surface area contributed by atoms with Crippen LogP contribution in [-0.2, 0) is 17.1 Å². The zero-order chi connectivity index (χ0) is 19.2. The van der Waals surface area contributed by atoms with Gasteiger partial charge in [-0.2, -0.15) is 0 Å². The number of hydrogen-bond acceptors (Lipinski definition) is 4. The molecule has 3 aromatic rings. The Morgan fingerprint density at radius 2 is 1.93 bits per heavy atom. The molecule has 0 atom stereocenters. The van der Waals surface area contributed by atoms with E-state index in [1.165, 1.54) is 22.4 Å². The van der Waals surface area contributed by atoms with Crippen LogP contribution < -0.4 is 10.9 Å². The number of carbonyl (C=O) groups is 1. The van der Waals surface area contributed by atoms with Crippen LogP contribution in [0.4, 0.5) is 5.69 Å². The van der Waals surface area contributed by atoms with Crippen molar-refractivity contribution >= 4 is 35.0 Å². The van der Waals surface area contributed by atoms with Crippen molar-refractivity contribution < 1.29 is 4.79 Å². The number of hydrogen-bond donors (Lipinski definition) is 1. The van der Waals surface area contributed by atoms with Gasteiger partial charge < -0.3 is 5.32 Å². The molecule has 0 bridgehead atoms. The molecular formula is C20H18ClN3O2S. The van der Waals surface area contributed by atoms with Gasteiger partial charge >= 0.3 is 0 Å². The molecule has 7 heteroatoms. The number of benzene rings is 2. The summed E-state index contributed by atoms with van der Waals surface area (Å²) in [5.41, 5.74) is 2.08. The van der Waals surface area contributed by atoms with Crippen LogP contribution in [0.15, 0.2) is 70.6 Å². The first-order valence-corrected chi connectivity index (χ1v) is 9.68. The number of amides is 1. The maximum Gasteiger partial charge on any atom is 0.254 e. The van der Waals surface area contributed by atoms with Gasteiger partial charge in [-0.25, -0.2) is 4.98 Å². The van der Waals surface area contributed by atoms with Crippen molar-refractivity contribution in [3.05, 3.63) is 87.3 Å². The summed E-state index contributed by atoms with van der Waals surface area (Å²) in [6, 6.07) is 18.2. The lowest BCUT2D eigenvalue weighted by atomic mass is 10.2. The highest BCUT2D eigenvalue weighted by Gasteiger charge is 2.12. The topological polar surface area (TPSA) is 64.0 Å². The number of carbonyl (C=O) groups excluding carboxylic acids is 1. The van der Waals surface area contributed by atoms with Gasteiger partial charge in [-0.1, -0.05) is 59.8 Å². The van der Waals surface area contributed by atoms with Crippen molar-refractivity contribution in [2.24, 2.45) is 0 Å². The molecule has 0 aliphatic rings. The van der Waals surface area contributed by atoms with E-state index in [-0.39, 0.29) is 18.0 Å². The fourth-order valence-electron chi connectivity index (χ4n) is 2.48. The summed E-state index contributed by atoms with van der Waals surface area (Å²) in [4.78, 5) is 29.3. The van der Waals surface area contributed by atoms with Gasteiger partial charge in [0.1, 0.15) is 6.54 Å². The second-order valence-corrected chi connectivity index (χ2v) is 7.32. The molecule has 2 aromatic carbocycles. The molecule has 0 aliphatic carbocycles. The predicted molar refractivity (Wildman–Crippen MR) is 109 cm³/mol. The summed E-state index contributed by atoms with van der Waals surface area (Å²) in [6.45, 7) is 1.65. The minimum Gasteiger partial charge on any atom is -0.324 e. The fraction of sp³-hybridized carbons (Fsp3) is 0.150. The summed E-state index contributed by atoms with van der Waals surface area (Å²) in [6.07, 6.45) is 0. The Morgan fingerprint density at radius 1 is 1.15 bits per heavy atom. The molecule has 0 spiro atoms. The first-order chi connectivity index (χ1) is 13.0. The molecule has 1 aromatic heterocycles. The van der Waals surface area contributed by atoms with Gasteiger partial charge in [0.05, 0.1) is 0 Å². The van der Waals surface area contributed by atoms with Gasteiger partial charge in [0.2, 0.25) is 5.91 Å². The number of aryl methyl sites for hydroxylation is 1. The molecule has 27 heavy (non-hydrogen) atoms. The molecule has 1 heterocycles. The molecule has 0 fully saturated rings. The van der Waals surface area contributed by atoms with E-state index < -0.39 is 0 Å². The zero-order valence-electron chi connectivity index (χ0n) is 14.7. The largest absolute Gasteiger partial charge is 0.324 e. The minimum atomic E-state index is -0.313. The number of rotatable bonds is 6. The Bertz CT molecular complexity index is 1010. The second-order valence-electron chi connectivity index (χ2n) is 5.94. The maximum atomic E-state index is 12.4. The van der Waals surface area contributed by atoms with Crippen molar-refractivity contribution in [1.29, 1.82) is 0 Å². The minimum absolute atomic E-state index is 0.115. The molecular weight excluding hydrogens is 382 g/mol. The van der Waals surface area contributed by atoms with Gasteiger partial charge in [0.15, 0.2) is 5.16 Å². The SMILES string of the molecule is Cc1cc(=O)n(CC(=O)Nc2cccc(Cl)c2)c(SCc2ccccc2)n1. The van der Waals surface area contributed by atoms with Gasteiger partial charge in [0, 0.05) is 28.2 Å². The smallest absolute Gasteiger partial charge is 0.254 e. The first-order valence-electron chi connectivity index (χ1n) is 8.32. The van der Waals surface area contributed by atoms with Crippen molar-refractivity contribution in [3.8, 4) is 0 Å². The Hall–Kier alpha value is -2.57. The van der Waals surface area contributed by atoms with Crippen LogP contribution in [0.3, 0.4) is 0 Å². The van der Waals surface area contributed by atoms with Crippen LogP contribution in [0.1, 0.15) is 11.3 Å². The monoisotopic (exact) mass is 399 g/mol. The van der Waals surface area contributed by atoms with Crippen molar-refractivity contribution in [2.75, 3.05) is 5.32 Å². The number of anilines is 1. The maximum absolute atomic E-state index is 12.4. The third kappa shape index (κ3) is 5.45. The molecule has 138 valence electrons. The number of halogens is 1. The van der Waals surface area contributed by atoms with E-state index in [1.807, 2.05) is 30.3 Å². The molecule has 5 nitrogen and oxygen atoms in total. The summed E-state index contributed by atoms with van der Waals surface area (Å²) < 4.78 is 1.39. The van der Waals surface area contributed by atoms with E-state index in [2.05, 4.69) is 10.3 Å². The quantitative estimate of drug-likeness (QED) is 0.500. The third-order valence-electron chi connectivity index (χ3n) is 3.72. The molecule has 0 saturated carbocycles. The lowest BCUT2D eigenvalue weighted by Crippen LogP contribution is -2.29. The summed E-state index contributed by atoms with van der Waals surface area (Å²) in [5.74, 6) is 0.346. The second kappa shape index (κ2) is 8.88. The molecule has 0 radical (unpaired) electrons. The van der Waals surface area contributed by atoms with Crippen LogP contribution in [0.25, 0.3) is 0 Å². The van der Waals surface area contributed by atoms with Gasteiger partial charge in [-0.15, -0.1) is 0 Å². The van der Waals surface area contributed by atoms with E-state index in [9.17, 15) is 9.59 Å². The summed E-state index contributed by atoms with van der Waals surface area (Å²) in [7, 11) is 0. The average Bonchev–Trinajstić information content (AvgIpc) is 2.63. The normalized spacial score (nSPS) is 10.6. The van der Waals surface area contributed by atoms with Gasteiger partial charge in [0.25, 0.3) is 5.56 Å². The Kier molecular flexibility index (Phi) is 6.32. The van der Waals surface area contributed by atoms with E-state index in [1.54, 1.807) is 31.2 Å². The lowest BCUT2D eigenvalue weighted by molar-refractivity contribution is -0.116. The Morgan fingerprint density at radius 3 is 2.67 bits per heavy atom.